The van der Waals surface area contributed by atoms with Crippen LogP contribution < -0.4 is 15.5 Å². The second kappa shape index (κ2) is 9.73. The zero-order valence-corrected chi connectivity index (χ0v) is 18.6. The fourth-order valence-corrected chi connectivity index (χ4v) is 3.76. The molecule has 3 rings (SSSR count). The summed E-state index contributed by atoms with van der Waals surface area (Å²) in [6.45, 7) is 5.45. The van der Waals surface area contributed by atoms with Crippen LogP contribution in [0.3, 0.4) is 0 Å². The number of carbonyl (C=O) groups excluding carboxylic acids is 1. The number of carbonyl (C=O) groups is 2. The van der Waals surface area contributed by atoms with Crippen molar-refractivity contribution in [2.45, 2.75) is 26.7 Å². The monoisotopic (exact) mass is 456 g/mol. The van der Waals surface area contributed by atoms with Gasteiger partial charge in [0, 0.05) is 30.9 Å². The van der Waals surface area contributed by atoms with Crippen LogP contribution in [0.15, 0.2) is 36.4 Å². The van der Waals surface area contributed by atoms with Crippen LogP contribution in [-0.2, 0) is 0 Å². The Morgan fingerprint density at radius 2 is 1.88 bits per heavy atom. The predicted molar refractivity (Wildman–Crippen MR) is 126 cm³/mol. The first-order valence-electron chi connectivity index (χ1n) is 10.2. The summed E-state index contributed by atoms with van der Waals surface area (Å²) < 4.78 is 0. The normalized spacial score (nSPS) is 14.0. The van der Waals surface area contributed by atoms with Gasteiger partial charge in [-0.2, -0.15) is 0 Å². The van der Waals surface area contributed by atoms with Crippen LogP contribution in [0.2, 0.25) is 0 Å². The number of nitro benzene ring substituents is 1. The number of amides is 1. The van der Waals surface area contributed by atoms with Crippen LogP contribution in [0.1, 0.15) is 46.0 Å². The Morgan fingerprint density at radius 1 is 1.19 bits per heavy atom. The molecule has 1 fully saturated rings. The van der Waals surface area contributed by atoms with Gasteiger partial charge in [-0.3, -0.25) is 20.2 Å². The van der Waals surface area contributed by atoms with Crippen molar-refractivity contribution in [3.05, 3.63) is 63.2 Å². The summed E-state index contributed by atoms with van der Waals surface area (Å²) >= 11 is 5.24. The Bertz CT molecular complexity index is 1080. The van der Waals surface area contributed by atoms with Crippen molar-refractivity contribution in [2.75, 3.05) is 23.3 Å². The van der Waals surface area contributed by atoms with Gasteiger partial charge in [0.15, 0.2) is 5.11 Å². The molecule has 3 N–H and O–H groups in total. The molecule has 1 aliphatic heterocycles. The van der Waals surface area contributed by atoms with Gasteiger partial charge >= 0.3 is 5.97 Å². The fourth-order valence-electron chi connectivity index (χ4n) is 3.56. The first-order valence-corrected chi connectivity index (χ1v) is 10.6. The van der Waals surface area contributed by atoms with Crippen LogP contribution in [0.25, 0.3) is 0 Å². The Labute approximate surface area is 190 Å². The highest BCUT2D eigenvalue weighted by Gasteiger charge is 2.24. The number of piperidine rings is 1. The molecule has 0 aromatic heterocycles. The number of thiocarbonyl (C=S) groups is 1. The van der Waals surface area contributed by atoms with Gasteiger partial charge in [0.1, 0.15) is 0 Å². The van der Waals surface area contributed by atoms with Crippen molar-refractivity contribution in [3.63, 3.8) is 0 Å². The lowest BCUT2D eigenvalue weighted by Crippen LogP contribution is -2.37. The molecule has 0 unspecified atom stereocenters. The quantitative estimate of drug-likeness (QED) is 0.351. The van der Waals surface area contributed by atoms with Gasteiger partial charge in [0.05, 0.1) is 21.7 Å². The van der Waals surface area contributed by atoms with Gasteiger partial charge in [-0.15, -0.1) is 0 Å². The second-order valence-corrected chi connectivity index (χ2v) is 8.28. The van der Waals surface area contributed by atoms with Gasteiger partial charge in [-0.25, -0.2) is 4.79 Å². The number of nitro groups is 1. The van der Waals surface area contributed by atoms with Crippen LogP contribution in [0.5, 0.6) is 0 Å². The van der Waals surface area contributed by atoms with Crippen molar-refractivity contribution in [2.24, 2.45) is 5.92 Å². The second-order valence-electron chi connectivity index (χ2n) is 7.87. The molecule has 1 aliphatic rings. The molecule has 168 valence electrons. The van der Waals surface area contributed by atoms with Gasteiger partial charge < -0.3 is 15.3 Å². The molecule has 0 aliphatic carbocycles. The van der Waals surface area contributed by atoms with Crippen molar-refractivity contribution < 1.29 is 19.6 Å². The van der Waals surface area contributed by atoms with E-state index in [-0.39, 0.29) is 21.9 Å². The predicted octanol–water partition coefficient (Wildman–Crippen LogP) is 3.96. The standard InChI is InChI=1S/C22H24N4O5S/c1-13-7-9-25(10-8-13)19-6-5-16(26(30)31)12-17(19)20(27)24-22(32)23-18-11-15(21(28)29)4-3-14(18)2/h3-6,11-13H,7-10H2,1-2H3,(H,28,29)(H2,23,24,27,32). The molecule has 10 heteroatoms. The molecular formula is C22H24N4O5S. The van der Waals surface area contributed by atoms with Crippen molar-refractivity contribution in [3.8, 4) is 0 Å². The van der Waals surface area contributed by atoms with E-state index < -0.39 is 16.8 Å². The number of nitrogens with zero attached hydrogens (tertiary/aromatic N) is 2. The van der Waals surface area contributed by atoms with E-state index in [1.54, 1.807) is 19.1 Å². The minimum atomic E-state index is -1.08. The number of aryl methyl sites for hydroxylation is 1. The lowest BCUT2D eigenvalue weighted by Gasteiger charge is -2.33. The first kappa shape index (κ1) is 23.1. The summed E-state index contributed by atoms with van der Waals surface area (Å²) in [6, 6.07) is 8.76. The van der Waals surface area contributed by atoms with E-state index in [0.29, 0.717) is 17.3 Å². The molecule has 1 saturated heterocycles. The largest absolute Gasteiger partial charge is 0.478 e. The third-order valence-electron chi connectivity index (χ3n) is 5.52. The SMILES string of the molecule is Cc1ccc(C(=O)O)cc1NC(=S)NC(=O)c1cc([N+](=O)[O-])ccc1N1CCC(C)CC1. The number of hydrogen-bond acceptors (Lipinski definition) is 6. The molecule has 0 radical (unpaired) electrons. The molecule has 0 bridgehead atoms. The van der Waals surface area contributed by atoms with Crippen LogP contribution in [0.4, 0.5) is 17.1 Å². The number of hydrogen-bond donors (Lipinski definition) is 3. The third-order valence-corrected chi connectivity index (χ3v) is 5.72. The zero-order chi connectivity index (χ0) is 23.4. The van der Waals surface area contributed by atoms with Crippen LogP contribution in [-0.4, -0.2) is 40.1 Å². The maximum absolute atomic E-state index is 13.0. The minimum absolute atomic E-state index is 0.0367. The van der Waals surface area contributed by atoms with E-state index in [1.807, 2.05) is 0 Å². The number of benzene rings is 2. The van der Waals surface area contributed by atoms with Crippen LogP contribution >= 0.6 is 12.2 Å². The van der Waals surface area contributed by atoms with E-state index in [2.05, 4.69) is 22.5 Å². The number of nitrogens with one attached hydrogen (secondary N) is 2. The summed E-state index contributed by atoms with van der Waals surface area (Å²) in [5.41, 5.74) is 1.85. The van der Waals surface area contributed by atoms with E-state index in [9.17, 15) is 24.8 Å². The van der Waals surface area contributed by atoms with Crippen molar-refractivity contribution >= 4 is 46.3 Å². The molecule has 9 nitrogen and oxygen atoms in total. The Hall–Kier alpha value is -3.53. The number of carboxylic acid groups (broad SMARTS) is 1. The summed E-state index contributed by atoms with van der Waals surface area (Å²) in [7, 11) is 0. The summed E-state index contributed by atoms with van der Waals surface area (Å²) in [5, 5.41) is 25.8. The zero-order valence-electron chi connectivity index (χ0n) is 17.8. The highest BCUT2D eigenvalue weighted by molar-refractivity contribution is 7.80. The minimum Gasteiger partial charge on any atom is -0.478 e. The van der Waals surface area contributed by atoms with Gasteiger partial charge in [-0.1, -0.05) is 13.0 Å². The Balaban J connectivity index is 1.82. The molecule has 0 saturated carbocycles. The average molecular weight is 457 g/mol. The fraction of sp³-hybridized carbons (Fsp3) is 0.318. The maximum Gasteiger partial charge on any atom is 0.335 e. The number of aromatic carboxylic acids is 1. The average Bonchev–Trinajstić information content (AvgIpc) is 2.75. The Morgan fingerprint density at radius 3 is 2.50 bits per heavy atom. The lowest BCUT2D eigenvalue weighted by molar-refractivity contribution is -0.384. The third kappa shape index (κ3) is 5.38. The molecular weight excluding hydrogens is 432 g/mol. The van der Waals surface area contributed by atoms with E-state index in [1.165, 1.54) is 24.3 Å². The van der Waals surface area contributed by atoms with E-state index >= 15 is 0 Å². The summed E-state index contributed by atoms with van der Waals surface area (Å²) in [6.07, 6.45) is 1.94. The van der Waals surface area contributed by atoms with Crippen molar-refractivity contribution in [1.29, 1.82) is 0 Å². The number of non-ortho nitro benzene ring substituents is 1. The summed E-state index contributed by atoms with van der Waals surface area (Å²) in [4.78, 5) is 37.0. The molecule has 0 spiro atoms. The van der Waals surface area contributed by atoms with Gasteiger partial charge in [-0.05, 0) is 61.7 Å². The highest BCUT2D eigenvalue weighted by Crippen LogP contribution is 2.29. The molecule has 1 amide bonds. The lowest BCUT2D eigenvalue weighted by atomic mass is 9.98. The van der Waals surface area contributed by atoms with Crippen LogP contribution in [0, 0.1) is 23.0 Å². The number of anilines is 2. The van der Waals surface area contributed by atoms with Gasteiger partial charge in [0.2, 0.25) is 0 Å². The highest BCUT2D eigenvalue weighted by atomic mass is 32.1. The molecule has 1 heterocycles. The molecule has 2 aromatic rings. The summed E-state index contributed by atoms with van der Waals surface area (Å²) in [5.74, 6) is -1.07. The molecule has 0 atom stereocenters. The Kier molecular flexibility index (Phi) is 7.04. The smallest absolute Gasteiger partial charge is 0.335 e. The molecule has 32 heavy (non-hydrogen) atoms. The number of rotatable bonds is 5. The first-order chi connectivity index (χ1) is 15.2. The topological polar surface area (TPSA) is 125 Å². The number of carboxylic acids is 1. The molecule has 2 aromatic carbocycles. The maximum atomic E-state index is 13.0. The van der Waals surface area contributed by atoms with Gasteiger partial charge in [0.25, 0.3) is 11.6 Å². The van der Waals surface area contributed by atoms with E-state index in [0.717, 1.165) is 31.5 Å². The van der Waals surface area contributed by atoms with E-state index in [4.69, 9.17) is 12.2 Å². The van der Waals surface area contributed by atoms with Crippen molar-refractivity contribution in [1.82, 2.24) is 5.32 Å².